The highest BCUT2D eigenvalue weighted by atomic mass is 32.1. The van der Waals surface area contributed by atoms with Gasteiger partial charge in [-0.25, -0.2) is 0 Å². The molecule has 0 bridgehead atoms. The van der Waals surface area contributed by atoms with E-state index in [-0.39, 0.29) is 0 Å². The van der Waals surface area contributed by atoms with Crippen molar-refractivity contribution in [2.75, 3.05) is 0 Å². The molecular formula is C40H22N2S. The summed E-state index contributed by atoms with van der Waals surface area (Å²) in [5.41, 5.74) is 7.64. The smallest absolute Gasteiger partial charge is 0.0641 e. The molecule has 0 amide bonds. The Morgan fingerprint density at radius 3 is 1.88 bits per heavy atom. The molecule has 0 saturated heterocycles. The third-order valence-electron chi connectivity index (χ3n) is 9.64. The zero-order valence-corrected chi connectivity index (χ0v) is 23.8. The average Bonchev–Trinajstić information content (AvgIpc) is 3.80. The Hall–Kier alpha value is -5.38. The van der Waals surface area contributed by atoms with E-state index in [9.17, 15) is 0 Å². The number of hydrogen-bond acceptors (Lipinski definition) is 1. The third kappa shape index (κ3) is 2.61. The van der Waals surface area contributed by atoms with E-state index in [1.807, 2.05) is 11.3 Å². The van der Waals surface area contributed by atoms with Gasteiger partial charge in [-0.1, -0.05) is 103 Å². The summed E-state index contributed by atoms with van der Waals surface area (Å²) in [6, 6.07) is 49.5. The number of rotatable bonds is 1. The maximum Gasteiger partial charge on any atom is 0.0641 e. The summed E-state index contributed by atoms with van der Waals surface area (Å²) in [5, 5.41) is 13.1. The molecule has 0 aliphatic rings. The van der Waals surface area contributed by atoms with Crippen molar-refractivity contribution < 1.29 is 0 Å². The SMILES string of the molecule is c1ccc2c(c1)sc1c(-n3c4ccccc4c4ccc5c(ccc6c5c5cccc7c8ccccc8n6c75)c43)cccc12. The molecule has 11 aromatic rings. The van der Waals surface area contributed by atoms with Crippen LogP contribution in [0, 0.1) is 0 Å². The highest BCUT2D eigenvalue weighted by molar-refractivity contribution is 7.26. The maximum atomic E-state index is 2.53. The van der Waals surface area contributed by atoms with Crippen LogP contribution in [-0.4, -0.2) is 8.97 Å². The van der Waals surface area contributed by atoms with Crippen LogP contribution in [-0.2, 0) is 0 Å². The minimum Gasteiger partial charge on any atom is -0.308 e. The molecule has 11 rings (SSSR count). The molecule has 0 atom stereocenters. The predicted octanol–water partition coefficient (Wildman–Crippen LogP) is 11.5. The largest absolute Gasteiger partial charge is 0.308 e. The molecule has 3 heteroatoms. The van der Waals surface area contributed by atoms with Gasteiger partial charge in [0, 0.05) is 53.2 Å². The van der Waals surface area contributed by atoms with Crippen LogP contribution in [0.1, 0.15) is 0 Å². The molecule has 7 aromatic carbocycles. The van der Waals surface area contributed by atoms with Gasteiger partial charge < -0.3 is 8.97 Å². The average molecular weight is 563 g/mol. The lowest BCUT2D eigenvalue weighted by Gasteiger charge is -2.12. The number of para-hydroxylation sites is 3. The first-order chi connectivity index (χ1) is 21.4. The summed E-state index contributed by atoms with van der Waals surface area (Å²) in [4.78, 5) is 0. The van der Waals surface area contributed by atoms with E-state index in [1.54, 1.807) is 0 Å². The lowest BCUT2D eigenvalue weighted by Crippen LogP contribution is -1.95. The number of hydrogen-bond donors (Lipinski definition) is 0. The Bertz CT molecular complexity index is 2950. The lowest BCUT2D eigenvalue weighted by molar-refractivity contribution is 1.21. The molecule has 0 saturated carbocycles. The molecule has 0 spiro atoms. The van der Waals surface area contributed by atoms with Crippen LogP contribution >= 0.6 is 11.3 Å². The van der Waals surface area contributed by atoms with E-state index in [0.29, 0.717) is 0 Å². The van der Waals surface area contributed by atoms with Crippen LogP contribution in [0.3, 0.4) is 0 Å². The van der Waals surface area contributed by atoms with Gasteiger partial charge in [-0.05, 0) is 35.7 Å². The van der Waals surface area contributed by atoms with Gasteiger partial charge in [0.25, 0.3) is 0 Å². The van der Waals surface area contributed by atoms with Crippen LogP contribution in [0.4, 0.5) is 0 Å². The molecule has 0 N–H and O–H groups in total. The summed E-state index contributed by atoms with van der Waals surface area (Å²) in [7, 11) is 0. The van der Waals surface area contributed by atoms with Gasteiger partial charge in [0.2, 0.25) is 0 Å². The summed E-state index contributed by atoms with van der Waals surface area (Å²) in [5.74, 6) is 0. The first-order valence-electron chi connectivity index (χ1n) is 14.8. The standard InChI is InChI=1S/C40H22N2S/c1-4-15-32-23(9-1)27-12-7-14-31-37-26-19-20-28-24-10-2-5-16-33(24)42(38(28)29(26)21-22-34(37)41(32)39(27)31)35-17-8-13-30-25-11-3-6-18-36(25)43-40(30)35/h1-22H. The van der Waals surface area contributed by atoms with E-state index < -0.39 is 0 Å². The first kappa shape index (κ1) is 22.2. The van der Waals surface area contributed by atoms with E-state index in [0.717, 1.165) is 0 Å². The van der Waals surface area contributed by atoms with E-state index in [4.69, 9.17) is 0 Å². The van der Waals surface area contributed by atoms with Gasteiger partial charge in [0.1, 0.15) is 0 Å². The minimum absolute atomic E-state index is 1.25. The normalized spacial score (nSPS) is 12.7. The Balaban J connectivity index is 1.36. The summed E-state index contributed by atoms with van der Waals surface area (Å²) in [6.45, 7) is 0. The molecular weight excluding hydrogens is 541 g/mol. The molecule has 4 heterocycles. The summed E-state index contributed by atoms with van der Waals surface area (Å²) >= 11 is 1.90. The van der Waals surface area contributed by atoms with Crippen molar-refractivity contribution in [1.82, 2.24) is 8.97 Å². The van der Waals surface area contributed by atoms with Gasteiger partial charge in [-0.2, -0.15) is 0 Å². The number of benzene rings is 7. The maximum absolute atomic E-state index is 2.53. The molecule has 198 valence electrons. The van der Waals surface area contributed by atoms with E-state index in [2.05, 4.69) is 142 Å². The second-order valence-electron chi connectivity index (χ2n) is 11.7. The number of aromatic nitrogens is 2. The molecule has 4 aromatic heterocycles. The van der Waals surface area contributed by atoms with Gasteiger partial charge in [0.15, 0.2) is 0 Å². The molecule has 2 nitrogen and oxygen atoms in total. The van der Waals surface area contributed by atoms with Gasteiger partial charge in [-0.3, -0.25) is 0 Å². The second-order valence-corrected chi connectivity index (χ2v) is 12.7. The summed E-state index contributed by atoms with van der Waals surface area (Å²) in [6.07, 6.45) is 0. The van der Waals surface area contributed by atoms with Gasteiger partial charge >= 0.3 is 0 Å². The number of nitrogens with zero attached hydrogens (tertiary/aromatic N) is 2. The van der Waals surface area contributed by atoms with Crippen molar-refractivity contribution in [2.45, 2.75) is 0 Å². The van der Waals surface area contributed by atoms with Crippen LogP contribution in [0.25, 0.3) is 96.5 Å². The topological polar surface area (TPSA) is 9.34 Å². The zero-order chi connectivity index (χ0) is 27.8. The molecule has 0 radical (unpaired) electrons. The zero-order valence-electron chi connectivity index (χ0n) is 23.0. The van der Waals surface area contributed by atoms with E-state index >= 15 is 0 Å². The van der Waals surface area contributed by atoms with E-state index in [1.165, 1.54) is 96.5 Å². The van der Waals surface area contributed by atoms with Crippen LogP contribution in [0.2, 0.25) is 0 Å². The first-order valence-corrected chi connectivity index (χ1v) is 15.6. The molecule has 0 unspecified atom stereocenters. The van der Waals surface area contributed by atoms with Crippen molar-refractivity contribution in [3.63, 3.8) is 0 Å². The second kappa shape index (κ2) is 7.71. The van der Waals surface area contributed by atoms with Crippen molar-refractivity contribution >= 4 is 102 Å². The monoisotopic (exact) mass is 562 g/mol. The Kier molecular flexibility index (Phi) is 3.99. The molecule has 0 fully saturated rings. The molecule has 43 heavy (non-hydrogen) atoms. The van der Waals surface area contributed by atoms with Crippen LogP contribution in [0.15, 0.2) is 133 Å². The molecule has 0 aliphatic carbocycles. The van der Waals surface area contributed by atoms with Crippen molar-refractivity contribution in [2.24, 2.45) is 0 Å². The number of thiophene rings is 1. The van der Waals surface area contributed by atoms with Crippen molar-refractivity contribution in [1.29, 1.82) is 0 Å². The fourth-order valence-corrected chi connectivity index (χ4v) is 9.16. The fraction of sp³-hybridized carbons (Fsp3) is 0. The highest BCUT2D eigenvalue weighted by Crippen LogP contribution is 2.46. The Morgan fingerprint density at radius 1 is 0.372 bits per heavy atom. The minimum atomic E-state index is 1.25. The summed E-state index contributed by atoms with van der Waals surface area (Å²) < 4.78 is 7.67. The Labute approximate surface area is 249 Å². The fourth-order valence-electron chi connectivity index (χ4n) is 7.95. The lowest BCUT2D eigenvalue weighted by atomic mass is 10.00. The van der Waals surface area contributed by atoms with Crippen LogP contribution < -0.4 is 0 Å². The van der Waals surface area contributed by atoms with Gasteiger partial charge in [-0.15, -0.1) is 11.3 Å². The number of fused-ring (bicyclic) bond motifs is 15. The van der Waals surface area contributed by atoms with Crippen molar-refractivity contribution in [3.8, 4) is 5.69 Å². The van der Waals surface area contributed by atoms with Crippen LogP contribution in [0.5, 0.6) is 0 Å². The highest BCUT2D eigenvalue weighted by Gasteiger charge is 2.22. The quantitative estimate of drug-likeness (QED) is 0.188. The van der Waals surface area contributed by atoms with Crippen molar-refractivity contribution in [3.05, 3.63) is 133 Å². The predicted molar refractivity (Wildman–Crippen MR) is 186 cm³/mol. The third-order valence-corrected chi connectivity index (χ3v) is 10.8. The Morgan fingerprint density at radius 2 is 0.977 bits per heavy atom. The van der Waals surface area contributed by atoms with Gasteiger partial charge in [0.05, 0.1) is 38.0 Å². The molecule has 0 aliphatic heterocycles.